The number of nitrogens with one attached hydrogen (secondary N) is 1. The molecule has 1 aromatic carbocycles. The van der Waals surface area contributed by atoms with Gasteiger partial charge in [-0.2, -0.15) is 0 Å². The first kappa shape index (κ1) is 17.0. The fourth-order valence-electron chi connectivity index (χ4n) is 1.91. The largest absolute Gasteiger partial charge is 0.497 e. The van der Waals surface area contributed by atoms with Gasteiger partial charge in [-0.25, -0.2) is 0 Å². The van der Waals surface area contributed by atoms with E-state index in [1.54, 1.807) is 31.4 Å². The third-order valence-electron chi connectivity index (χ3n) is 3.03. The lowest BCUT2D eigenvalue weighted by atomic mass is 10.2. The molecule has 0 saturated carbocycles. The highest BCUT2D eigenvalue weighted by Crippen LogP contribution is 2.16. The van der Waals surface area contributed by atoms with Crippen molar-refractivity contribution in [3.63, 3.8) is 0 Å². The van der Waals surface area contributed by atoms with Crippen LogP contribution in [0, 0.1) is 0 Å². The molecule has 0 aliphatic heterocycles. The second-order valence-electron chi connectivity index (χ2n) is 4.65. The Bertz CT molecular complexity index is 476. The van der Waals surface area contributed by atoms with E-state index in [-0.39, 0.29) is 18.9 Å². The molecule has 0 aliphatic rings. The van der Waals surface area contributed by atoms with Gasteiger partial charge >= 0.3 is 5.97 Å². The van der Waals surface area contributed by atoms with Crippen molar-refractivity contribution in [2.24, 2.45) is 0 Å². The van der Waals surface area contributed by atoms with E-state index in [2.05, 4.69) is 5.32 Å². The van der Waals surface area contributed by atoms with Crippen molar-refractivity contribution >= 4 is 17.6 Å². The highest BCUT2D eigenvalue weighted by molar-refractivity contribution is 5.92. The number of aliphatic carboxylic acids is 1. The topological polar surface area (TPSA) is 78.9 Å². The van der Waals surface area contributed by atoms with Gasteiger partial charge in [-0.3, -0.25) is 14.5 Å². The maximum atomic E-state index is 12.0. The Labute approximate surface area is 124 Å². The Hall–Kier alpha value is -2.08. The lowest BCUT2D eigenvalue weighted by Gasteiger charge is -2.19. The number of ether oxygens (including phenoxy) is 1. The minimum atomic E-state index is -0.813. The Kier molecular flexibility index (Phi) is 7.25. The highest BCUT2D eigenvalue weighted by Gasteiger charge is 2.10. The molecule has 0 radical (unpaired) electrons. The molecule has 0 heterocycles. The number of carbonyl (C=O) groups is 2. The summed E-state index contributed by atoms with van der Waals surface area (Å²) in [5.41, 5.74) is 0.681. The number of hydrogen-bond donors (Lipinski definition) is 2. The Morgan fingerprint density at radius 1 is 1.38 bits per heavy atom. The summed E-state index contributed by atoms with van der Waals surface area (Å²) in [5.74, 6) is -0.256. The summed E-state index contributed by atoms with van der Waals surface area (Å²) in [6, 6.07) is 7.15. The van der Waals surface area contributed by atoms with Gasteiger partial charge in [0.1, 0.15) is 5.75 Å². The van der Waals surface area contributed by atoms with Gasteiger partial charge in [-0.15, -0.1) is 0 Å². The minimum absolute atomic E-state index is 0.119. The van der Waals surface area contributed by atoms with Gasteiger partial charge in [0.25, 0.3) is 0 Å². The SMILES string of the molecule is CCN(CCCC(=O)O)CC(=O)Nc1cccc(OC)c1. The minimum Gasteiger partial charge on any atom is -0.497 e. The van der Waals surface area contributed by atoms with Gasteiger partial charge in [0.15, 0.2) is 0 Å². The van der Waals surface area contributed by atoms with Crippen LogP contribution in [0.25, 0.3) is 0 Å². The second-order valence-corrected chi connectivity index (χ2v) is 4.65. The molecule has 0 atom stereocenters. The monoisotopic (exact) mass is 294 g/mol. The maximum Gasteiger partial charge on any atom is 0.303 e. The second kappa shape index (κ2) is 8.97. The molecule has 6 heteroatoms. The molecule has 0 bridgehead atoms. The number of nitrogens with zero attached hydrogens (tertiary/aromatic N) is 1. The zero-order valence-electron chi connectivity index (χ0n) is 12.5. The number of hydrogen-bond acceptors (Lipinski definition) is 4. The standard InChI is InChI=1S/C15H22N2O4/c1-3-17(9-5-8-15(19)20)11-14(18)16-12-6-4-7-13(10-12)21-2/h4,6-7,10H,3,5,8-9,11H2,1-2H3,(H,16,18)(H,19,20). The molecule has 0 unspecified atom stereocenters. The molecule has 1 aromatic rings. The van der Waals surface area contributed by atoms with Crippen LogP contribution in [0.2, 0.25) is 0 Å². The van der Waals surface area contributed by atoms with Crippen LogP contribution < -0.4 is 10.1 Å². The van der Waals surface area contributed by atoms with Gasteiger partial charge in [-0.1, -0.05) is 13.0 Å². The van der Waals surface area contributed by atoms with E-state index >= 15 is 0 Å². The van der Waals surface area contributed by atoms with Crippen molar-refractivity contribution in [2.75, 3.05) is 32.1 Å². The molecular formula is C15H22N2O4. The fraction of sp³-hybridized carbons (Fsp3) is 0.467. The number of anilines is 1. The predicted octanol–water partition coefficient (Wildman–Crippen LogP) is 1.82. The summed E-state index contributed by atoms with van der Waals surface area (Å²) < 4.78 is 5.10. The van der Waals surface area contributed by atoms with Crippen LogP contribution in [0.3, 0.4) is 0 Å². The number of amides is 1. The van der Waals surface area contributed by atoms with Crippen LogP contribution in [0.4, 0.5) is 5.69 Å². The number of methoxy groups -OCH3 is 1. The Morgan fingerprint density at radius 2 is 2.14 bits per heavy atom. The van der Waals surface area contributed by atoms with Gasteiger partial charge in [0.05, 0.1) is 13.7 Å². The van der Waals surface area contributed by atoms with Crippen LogP contribution in [0.15, 0.2) is 24.3 Å². The Balaban J connectivity index is 2.44. The number of rotatable bonds is 9. The number of likely N-dealkylation sites (N-methyl/N-ethyl adjacent to an activating group) is 1. The molecule has 6 nitrogen and oxygen atoms in total. The number of carboxylic acid groups (broad SMARTS) is 1. The van der Waals surface area contributed by atoms with Crippen LogP contribution in [-0.4, -0.2) is 48.6 Å². The van der Waals surface area contributed by atoms with Gasteiger partial charge in [0.2, 0.25) is 5.91 Å². The summed E-state index contributed by atoms with van der Waals surface area (Å²) in [7, 11) is 1.57. The number of carboxylic acids is 1. The van der Waals surface area contributed by atoms with Crippen LogP contribution in [-0.2, 0) is 9.59 Å². The molecule has 0 fully saturated rings. The first-order chi connectivity index (χ1) is 10.0. The van der Waals surface area contributed by atoms with Crippen molar-refractivity contribution in [2.45, 2.75) is 19.8 Å². The van der Waals surface area contributed by atoms with Gasteiger partial charge < -0.3 is 15.2 Å². The third-order valence-corrected chi connectivity index (χ3v) is 3.03. The summed E-state index contributed by atoms with van der Waals surface area (Å²) in [6.45, 7) is 3.48. The Morgan fingerprint density at radius 3 is 2.76 bits per heavy atom. The van der Waals surface area contributed by atoms with Crippen molar-refractivity contribution in [3.8, 4) is 5.75 Å². The number of benzene rings is 1. The van der Waals surface area contributed by atoms with Gasteiger partial charge in [-0.05, 0) is 31.6 Å². The summed E-state index contributed by atoms with van der Waals surface area (Å²) in [5, 5.41) is 11.4. The molecule has 0 aliphatic carbocycles. The van der Waals surface area contributed by atoms with Crippen molar-refractivity contribution < 1.29 is 19.4 Å². The average molecular weight is 294 g/mol. The van der Waals surface area contributed by atoms with E-state index < -0.39 is 5.97 Å². The first-order valence-corrected chi connectivity index (χ1v) is 6.93. The predicted molar refractivity (Wildman–Crippen MR) is 80.6 cm³/mol. The van der Waals surface area contributed by atoms with E-state index in [0.717, 1.165) is 0 Å². The summed E-state index contributed by atoms with van der Waals surface area (Å²) in [4.78, 5) is 24.4. The van der Waals surface area contributed by atoms with Crippen molar-refractivity contribution in [1.82, 2.24) is 4.90 Å². The molecule has 2 N–H and O–H groups in total. The molecule has 21 heavy (non-hydrogen) atoms. The normalized spacial score (nSPS) is 10.4. The molecule has 1 rings (SSSR count). The zero-order chi connectivity index (χ0) is 15.7. The van der Waals surface area contributed by atoms with E-state index in [1.807, 2.05) is 11.8 Å². The summed E-state index contributed by atoms with van der Waals surface area (Å²) in [6.07, 6.45) is 0.656. The first-order valence-electron chi connectivity index (χ1n) is 6.93. The molecular weight excluding hydrogens is 272 g/mol. The lowest BCUT2D eigenvalue weighted by molar-refractivity contribution is -0.137. The smallest absolute Gasteiger partial charge is 0.303 e. The average Bonchev–Trinajstić information content (AvgIpc) is 2.46. The van der Waals surface area contributed by atoms with E-state index in [1.165, 1.54) is 0 Å². The maximum absolute atomic E-state index is 12.0. The molecule has 116 valence electrons. The van der Waals surface area contributed by atoms with Crippen LogP contribution >= 0.6 is 0 Å². The van der Waals surface area contributed by atoms with Crippen molar-refractivity contribution in [1.29, 1.82) is 0 Å². The van der Waals surface area contributed by atoms with Crippen LogP contribution in [0.1, 0.15) is 19.8 Å². The van der Waals surface area contributed by atoms with Crippen molar-refractivity contribution in [3.05, 3.63) is 24.3 Å². The third kappa shape index (κ3) is 6.76. The molecule has 0 saturated heterocycles. The quantitative estimate of drug-likeness (QED) is 0.726. The zero-order valence-corrected chi connectivity index (χ0v) is 12.5. The molecule has 0 aromatic heterocycles. The fourth-order valence-corrected chi connectivity index (χ4v) is 1.91. The number of carbonyl (C=O) groups excluding carboxylic acids is 1. The lowest BCUT2D eigenvalue weighted by Crippen LogP contribution is -2.34. The van der Waals surface area contributed by atoms with E-state index in [9.17, 15) is 9.59 Å². The van der Waals surface area contributed by atoms with E-state index in [4.69, 9.17) is 9.84 Å². The molecule has 1 amide bonds. The van der Waals surface area contributed by atoms with E-state index in [0.29, 0.717) is 30.9 Å². The highest BCUT2D eigenvalue weighted by atomic mass is 16.5. The molecule has 0 spiro atoms. The van der Waals surface area contributed by atoms with Gasteiger partial charge in [0, 0.05) is 18.2 Å². The van der Waals surface area contributed by atoms with Crippen LogP contribution in [0.5, 0.6) is 5.75 Å². The summed E-state index contributed by atoms with van der Waals surface area (Å²) >= 11 is 0.